The van der Waals surface area contributed by atoms with Gasteiger partial charge in [0.1, 0.15) is 6.61 Å². The second-order valence-corrected chi connectivity index (χ2v) is 7.96. The lowest BCUT2D eigenvalue weighted by Crippen LogP contribution is -2.27. The molecule has 1 aliphatic heterocycles. The fourth-order valence-electron chi connectivity index (χ4n) is 2.88. The second-order valence-electron chi connectivity index (χ2n) is 6.56. The standard InChI is InChI=1S/C22H19ClN2O6S/c1-3-9-24-21(26)19(32-22(24)27)12-15-10-17(23)20(18(11-15)30-4-2)31-13-14-5-7-16(8-6-14)25(28)29/h3,5-8,10-12H,1,4,9,13H2,2H3/b19-12+. The van der Waals surface area contributed by atoms with Crippen LogP contribution in [0, 0.1) is 10.1 Å². The Kier molecular flexibility index (Phi) is 7.55. The molecular weight excluding hydrogens is 456 g/mol. The maximum Gasteiger partial charge on any atom is 0.293 e. The first-order chi connectivity index (χ1) is 15.3. The van der Waals surface area contributed by atoms with E-state index in [-0.39, 0.29) is 34.0 Å². The third-order valence-corrected chi connectivity index (χ3v) is 5.53. The Hall–Kier alpha value is -3.30. The molecular formula is C22H19ClN2O6S. The van der Waals surface area contributed by atoms with E-state index in [9.17, 15) is 19.7 Å². The minimum absolute atomic E-state index is 0.0105. The Balaban J connectivity index is 1.83. The Morgan fingerprint density at radius 2 is 1.94 bits per heavy atom. The van der Waals surface area contributed by atoms with Crippen molar-refractivity contribution in [3.8, 4) is 11.5 Å². The summed E-state index contributed by atoms with van der Waals surface area (Å²) in [6, 6.07) is 9.26. The number of nitrogens with zero attached hydrogens (tertiary/aromatic N) is 2. The molecule has 32 heavy (non-hydrogen) atoms. The van der Waals surface area contributed by atoms with Crippen LogP contribution in [0.2, 0.25) is 5.02 Å². The number of thioether (sulfide) groups is 1. The van der Waals surface area contributed by atoms with Crippen LogP contribution < -0.4 is 9.47 Å². The van der Waals surface area contributed by atoms with Gasteiger partial charge in [-0.3, -0.25) is 24.6 Å². The van der Waals surface area contributed by atoms with Gasteiger partial charge in [-0.25, -0.2) is 0 Å². The van der Waals surface area contributed by atoms with Crippen molar-refractivity contribution < 1.29 is 24.0 Å². The van der Waals surface area contributed by atoms with Crippen molar-refractivity contribution in [2.24, 2.45) is 0 Å². The Morgan fingerprint density at radius 1 is 1.22 bits per heavy atom. The lowest BCUT2D eigenvalue weighted by molar-refractivity contribution is -0.384. The lowest BCUT2D eigenvalue weighted by Gasteiger charge is -2.15. The molecule has 0 aliphatic carbocycles. The molecule has 1 saturated heterocycles. The molecule has 0 N–H and O–H groups in total. The average molecular weight is 475 g/mol. The summed E-state index contributed by atoms with van der Waals surface area (Å²) >= 11 is 7.27. The average Bonchev–Trinajstić information content (AvgIpc) is 3.01. The first-order valence-electron chi connectivity index (χ1n) is 9.52. The van der Waals surface area contributed by atoms with Crippen molar-refractivity contribution >= 4 is 46.3 Å². The van der Waals surface area contributed by atoms with Crippen molar-refractivity contribution in [3.63, 3.8) is 0 Å². The highest BCUT2D eigenvalue weighted by Crippen LogP contribution is 2.39. The summed E-state index contributed by atoms with van der Waals surface area (Å²) in [6.45, 7) is 5.98. The largest absolute Gasteiger partial charge is 0.490 e. The van der Waals surface area contributed by atoms with Crippen LogP contribution in [0.1, 0.15) is 18.1 Å². The Labute approximate surface area is 193 Å². The molecule has 0 bridgehead atoms. The quantitative estimate of drug-likeness (QED) is 0.206. The predicted molar refractivity (Wildman–Crippen MR) is 123 cm³/mol. The highest BCUT2D eigenvalue weighted by Gasteiger charge is 2.34. The Bertz CT molecular complexity index is 1100. The fourth-order valence-corrected chi connectivity index (χ4v) is 4.00. The van der Waals surface area contributed by atoms with Gasteiger partial charge in [-0.15, -0.1) is 6.58 Å². The zero-order chi connectivity index (χ0) is 23.3. The minimum Gasteiger partial charge on any atom is -0.490 e. The van der Waals surface area contributed by atoms with Crippen LogP contribution in [0.5, 0.6) is 11.5 Å². The number of non-ortho nitro benzene ring substituents is 1. The van der Waals surface area contributed by atoms with Crippen LogP contribution in [0.25, 0.3) is 6.08 Å². The van der Waals surface area contributed by atoms with E-state index in [1.165, 1.54) is 18.2 Å². The molecule has 8 nitrogen and oxygen atoms in total. The molecule has 2 amide bonds. The zero-order valence-electron chi connectivity index (χ0n) is 17.1. The van der Waals surface area contributed by atoms with Gasteiger partial charge in [0.2, 0.25) is 0 Å². The molecule has 166 valence electrons. The number of hydrogen-bond donors (Lipinski definition) is 0. The van der Waals surface area contributed by atoms with Crippen molar-refractivity contribution in [2.75, 3.05) is 13.2 Å². The first-order valence-corrected chi connectivity index (χ1v) is 10.7. The van der Waals surface area contributed by atoms with Crippen LogP contribution in [-0.2, 0) is 11.4 Å². The van der Waals surface area contributed by atoms with Crippen molar-refractivity contribution in [1.82, 2.24) is 4.90 Å². The van der Waals surface area contributed by atoms with Gasteiger partial charge in [-0.1, -0.05) is 17.7 Å². The second kappa shape index (κ2) is 10.3. The van der Waals surface area contributed by atoms with Crippen LogP contribution >= 0.6 is 23.4 Å². The highest BCUT2D eigenvalue weighted by atomic mass is 35.5. The van der Waals surface area contributed by atoms with Gasteiger partial charge < -0.3 is 9.47 Å². The number of nitro benzene ring substituents is 1. The van der Waals surface area contributed by atoms with Gasteiger partial charge in [0, 0.05) is 18.7 Å². The molecule has 0 spiro atoms. The van der Waals surface area contributed by atoms with Crippen LogP contribution in [-0.4, -0.2) is 34.1 Å². The fraction of sp³-hybridized carbons (Fsp3) is 0.182. The number of imide groups is 1. The van der Waals surface area contributed by atoms with E-state index in [4.69, 9.17) is 21.1 Å². The van der Waals surface area contributed by atoms with E-state index in [2.05, 4.69) is 6.58 Å². The van der Waals surface area contributed by atoms with Gasteiger partial charge in [-0.05, 0) is 60.2 Å². The number of nitro groups is 1. The summed E-state index contributed by atoms with van der Waals surface area (Å²) in [5.41, 5.74) is 1.28. The van der Waals surface area contributed by atoms with Crippen LogP contribution in [0.3, 0.4) is 0 Å². The number of halogens is 1. The molecule has 1 aliphatic rings. The number of ether oxygens (including phenoxy) is 2. The van der Waals surface area contributed by atoms with E-state index < -0.39 is 10.8 Å². The number of amides is 2. The number of benzene rings is 2. The summed E-state index contributed by atoms with van der Waals surface area (Å²) in [7, 11) is 0. The maximum absolute atomic E-state index is 12.4. The Morgan fingerprint density at radius 3 is 2.56 bits per heavy atom. The van der Waals surface area contributed by atoms with E-state index in [1.807, 2.05) is 0 Å². The molecule has 10 heteroatoms. The molecule has 0 aromatic heterocycles. The van der Waals surface area contributed by atoms with Crippen LogP contribution in [0.15, 0.2) is 54.0 Å². The zero-order valence-corrected chi connectivity index (χ0v) is 18.6. The number of carbonyl (C=O) groups is 2. The molecule has 0 atom stereocenters. The SMILES string of the molecule is C=CCN1C(=O)S/C(=C/c2cc(Cl)c(OCc3ccc([N+](=O)[O-])cc3)c(OCC)c2)C1=O. The van der Waals surface area contributed by atoms with Gasteiger partial charge in [0.15, 0.2) is 11.5 Å². The lowest BCUT2D eigenvalue weighted by atomic mass is 10.1. The van der Waals surface area contributed by atoms with Crippen molar-refractivity contribution in [1.29, 1.82) is 0 Å². The molecule has 0 saturated carbocycles. The monoisotopic (exact) mass is 474 g/mol. The van der Waals surface area contributed by atoms with Crippen molar-refractivity contribution in [2.45, 2.75) is 13.5 Å². The number of hydrogen-bond acceptors (Lipinski definition) is 7. The molecule has 3 rings (SSSR count). The first kappa shape index (κ1) is 23.4. The topological polar surface area (TPSA) is 99.0 Å². The highest BCUT2D eigenvalue weighted by molar-refractivity contribution is 8.18. The summed E-state index contributed by atoms with van der Waals surface area (Å²) in [5, 5.41) is 10.7. The molecule has 2 aromatic rings. The normalized spacial score (nSPS) is 14.7. The molecule has 2 aromatic carbocycles. The third kappa shape index (κ3) is 5.30. The van der Waals surface area contributed by atoms with Crippen molar-refractivity contribution in [3.05, 3.63) is 80.2 Å². The summed E-state index contributed by atoms with van der Waals surface area (Å²) < 4.78 is 11.5. The maximum atomic E-state index is 12.4. The van der Waals surface area contributed by atoms with E-state index in [1.54, 1.807) is 37.3 Å². The minimum atomic E-state index is -0.473. The van der Waals surface area contributed by atoms with Gasteiger partial charge >= 0.3 is 0 Å². The van der Waals surface area contributed by atoms with E-state index >= 15 is 0 Å². The number of rotatable bonds is 9. The van der Waals surface area contributed by atoms with Gasteiger partial charge in [-0.2, -0.15) is 0 Å². The van der Waals surface area contributed by atoms with Crippen LogP contribution in [0.4, 0.5) is 10.5 Å². The molecule has 1 fully saturated rings. The van der Waals surface area contributed by atoms with Gasteiger partial charge in [0.25, 0.3) is 16.8 Å². The van der Waals surface area contributed by atoms with Gasteiger partial charge in [0.05, 0.1) is 21.5 Å². The summed E-state index contributed by atoms with van der Waals surface area (Å²) in [5.74, 6) is 0.287. The molecule has 1 heterocycles. The smallest absolute Gasteiger partial charge is 0.293 e. The molecule has 0 radical (unpaired) electrons. The third-order valence-electron chi connectivity index (χ3n) is 4.35. The summed E-state index contributed by atoms with van der Waals surface area (Å²) in [6.07, 6.45) is 3.06. The molecule has 0 unspecified atom stereocenters. The number of carbonyl (C=O) groups excluding carboxylic acids is 2. The summed E-state index contributed by atoms with van der Waals surface area (Å²) in [4.78, 5) is 36.1. The predicted octanol–water partition coefficient (Wildman–Crippen LogP) is 5.45. The van der Waals surface area contributed by atoms with E-state index in [0.29, 0.717) is 29.2 Å². The van der Waals surface area contributed by atoms with E-state index in [0.717, 1.165) is 16.7 Å².